The maximum atomic E-state index is 14.8. The molecular formula is C104H83ClFN25O7S4. The first-order chi connectivity index (χ1) is 68.7. The monoisotopic (exact) mass is 1980 g/mol. The molecule has 0 bridgehead atoms. The predicted molar refractivity (Wildman–Crippen MR) is 560 cm³/mol. The summed E-state index contributed by atoms with van der Waals surface area (Å²) in [4.78, 5) is 98.3. The van der Waals surface area contributed by atoms with Crippen molar-refractivity contribution in [3.63, 3.8) is 0 Å². The Balaban J connectivity index is 0.000000116. The number of aliphatic hydroxyl groups excluding tert-OH is 2. The number of H-pyrrole nitrogens is 1. The van der Waals surface area contributed by atoms with Gasteiger partial charge >= 0.3 is 0 Å². The van der Waals surface area contributed by atoms with Crippen molar-refractivity contribution in [2.24, 2.45) is 0 Å². The number of aromatic nitrogens is 21. The zero-order valence-electron chi connectivity index (χ0n) is 77.0. The van der Waals surface area contributed by atoms with Crippen LogP contribution in [0.1, 0.15) is 80.6 Å². The van der Waals surface area contributed by atoms with E-state index in [1.54, 1.807) is 108 Å². The van der Waals surface area contributed by atoms with Crippen molar-refractivity contribution < 1.29 is 19.7 Å². The number of rotatable bonds is 14. The van der Waals surface area contributed by atoms with Gasteiger partial charge < -0.3 is 43.2 Å². The van der Waals surface area contributed by atoms with E-state index < -0.39 is 11.9 Å². The molecule has 704 valence electrons. The van der Waals surface area contributed by atoms with E-state index >= 15 is 0 Å². The van der Waals surface area contributed by atoms with Crippen LogP contribution in [0.15, 0.2) is 235 Å². The molecule has 0 amide bonds. The van der Waals surface area contributed by atoms with Gasteiger partial charge in [-0.25, -0.2) is 63.0 Å². The number of phenols is 1. The van der Waals surface area contributed by atoms with E-state index in [2.05, 4.69) is 75.9 Å². The lowest BCUT2D eigenvalue weighted by atomic mass is 10.1. The lowest BCUT2D eigenvalue weighted by Crippen LogP contribution is -2.26. The number of nitrogen functional groups attached to an aromatic ring is 4. The fourth-order valence-corrected chi connectivity index (χ4v) is 21.3. The predicted octanol–water partition coefficient (Wildman–Crippen LogP) is 16.8. The van der Waals surface area contributed by atoms with Gasteiger partial charge in [0, 0.05) is 70.4 Å². The zero-order chi connectivity index (χ0) is 98.9. The van der Waals surface area contributed by atoms with Crippen LogP contribution >= 0.6 is 56.9 Å². The molecule has 38 heteroatoms. The van der Waals surface area contributed by atoms with Crippen LogP contribution in [0, 0.1) is 78.0 Å². The largest absolute Gasteiger partial charge is 0.506 e. The fourth-order valence-electron chi connectivity index (χ4n) is 17.4. The average molecular weight is 1980 g/mol. The number of para-hydroxylation sites is 4. The molecule has 0 saturated heterocycles. The van der Waals surface area contributed by atoms with Gasteiger partial charge in [0.1, 0.15) is 116 Å². The average Bonchev–Trinajstić information content (AvgIpc) is 1.58. The number of hydrogen-bond acceptors (Lipinski definition) is 27. The van der Waals surface area contributed by atoms with Crippen molar-refractivity contribution >= 4 is 176 Å². The third-order valence-corrected chi connectivity index (χ3v) is 28.4. The Hall–Kier alpha value is -17.0. The molecule has 23 rings (SSSR count). The van der Waals surface area contributed by atoms with Crippen molar-refractivity contribution in [2.45, 2.75) is 87.7 Å². The van der Waals surface area contributed by atoms with Crippen LogP contribution < -0.4 is 45.2 Å². The van der Waals surface area contributed by atoms with Crippen LogP contribution in [0.25, 0.3) is 141 Å². The van der Waals surface area contributed by atoms with E-state index in [1.807, 2.05) is 161 Å². The van der Waals surface area contributed by atoms with Gasteiger partial charge in [0.05, 0.1) is 70.9 Å². The van der Waals surface area contributed by atoms with Gasteiger partial charge in [-0.3, -0.25) is 37.4 Å². The number of fused-ring (bicyclic) bond motifs is 9. The Labute approximate surface area is 825 Å². The minimum Gasteiger partial charge on any atom is -0.506 e. The maximum absolute atomic E-state index is 14.8. The fraction of sp³-hybridized carbons (Fsp3) is 0.135. The van der Waals surface area contributed by atoms with Gasteiger partial charge in [-0.2, -0.15) is 20.4 Å². The summed E-state index contributed by atoms with van der Waals surface area (Å²) in [6, 6.07) is 49.2. The van der Waals surface area contributed by atoms with E-state index in [0.717, 1.165) is 83.6 Å². The quantitative estimate of drug-likeness (QED) is 0.0469. The number of nitrogens with two attached hydrogens (primary N) is 4. The van der Waals surface area contributed by atoms with Crippen molar-refractivity contribution in [3.05, 3.63) is 342 Å². The number of pyridine rings is 4. The molecule has 0 aliphatic heterocycles. The molecule has 23 aromatic rings. The van der Waals surface area contributed by atoms with E-state index in [4.69, 9.17) is 64.8 Å². The molecule has 0 aliphatic rings. The third-order valence-electron chi connectivity index (χ3n) is 24.2. The summed E-state index contributed by atoms with van der Waals surface area (Å²) in [5.74, 6) is 12.3. The molecule has 0 spiro atoms. The van der Waals surface area contributed by atoms with Crippen LogP contribution in [0.4, 0.5) is 27.1 Å². The Kier molecular flexibility index (Phi) is 24.8. The summed E-state index contributed by atoms with van der Waals surface area (Å²) < 4.78 is 27.7. The van der Waals surface area contributed by atoms with Gasteiger partial charge in [0.25, 0.3) is 22.2 Å². The lowest BCUT2D eigenvalue weighted by molar-refractivity contribution is 0.253. The number of aromatic amines is 1. The second kappa shape index (κ2) is 38.0. The van der Waals surface area contributed by atoms with E-state index in [9.17, 15) is 33.8 Å². The maximum Gasteiger partial charge on any atom is 0.267 e. The summed E-state index contributed by atoms with van der Waals surface area (Å²) in [6.45, 7) is 15.4. The summed E-state index contributed by atoms with van der Waals surface area (Å²) in [5.41, 5.74) is 42.2. The Morgan fingerprint density at radius 2 is 0.761 bits per heavy atom. The molecule has 32 nitrogen and oxygen atoms in total. The first kappa shape index (κ1) is 92.7. The number of benzene rings is 6. The SMILES string of the molecule is Cc1ccccc1-n1c(Cn2nc(-c3ccc(O)c(Cl)c3)c3c(N)ccnc32)nc2scc(C)c2c1=O.Cc1ccccc1-n1c(Cn2nc(-c3ccc4cc[nH]c4c3)c3c(N)ccnc32)nc2scc(C)c2c1=O.Cc1ccccc1-n1c(Cn2nc(C#C[C@@H](C)O)c3c(N)ccnc32)nc2scc(C)c2c1=O.Cc1csc2nc(Cn3nc(C#CCO)c4c(N)ccnc43)n(-c3ccccc3F)c(=O)c12. The van der Waals surface area contributed by atoms with Crippen LogP contribution in [-0.4, -0.2) is 130 Å². The van der Waals surface area contributed by atoms with Gasteiger partial charge in [-0.1, -0.05) is 102 Å². The second-order valence-corrected chi connectivity index (χ2v) is 37.5. The van der Waals surface area contributed by atoms with Crippen molar-refractivity contribution in [2.75, 3.05) is 29.5 Å². The Morgan fingerprint density at radius 3 is 1.14 bits per heavy atom. The standard InChI is InChI=1S/C29H23N7OS.C27H21ClN6O2S.C25H22N6O2S.C23H17FN6O2S/c1-16-5-3-4-6-22(16)36-23(33-28-24(29(36)37)17(2)15-38-28)14-35-27-25(20(30)10-12-32-27)26(34-35)19-8-7-18-9-11-31-21(18)13-19;1-14-5-3-4-6-19(14)34-21(31-26-22(27(34)36)15(2)13-37-26)12-33-25-23(18(29)9-10-30-25)24(32-33)16-7-8-20(35)17(28)11-16;1-14-6-4-5-7-19(14)31-20(28-24-21(25(31)33)15(2)13-34-24)12-30-23-22(17(26)10-11-27-23)18(29-30)9-8-16(3)32;1-13-12-33-22-19(13)23(32)30(17-7-3-2-5-14(17)24)18(27-22)11-29-21-20(15(25)8-9-26-21)16(28-29)6-4-10-31/h3-13,15,31H,14H2,1-2H3,(H2,30,32);3-11,13,35H,12H2,1-2H3,(H2,29,30);4-7,10-11,13,16,32H,12H2,1-3H3,(H2,26,27);2-3,5,7-9,12,31H,10-11H2,1H3,(H2,25,26)/t;;16-;/m..1./s1. The van der Waals surface area contributed by atoms with Crippen LogP contribution in [0.3, 0.4) is 0 Å². The highest BCUT2D eigenvalue weighted by Gasteiger charge is 2.29. The molecule has 0 radical (unpaired) electrons. The zero-order valence-corrected chi connectivity index (χ0v) is 81.0. The molecule has 0 unspecified atom stereocenters. The second-order valence-electron chi connectivity index (χ2n) is 33.7. The molecule has 17 heterocycles. The molecular weight excluding hydrogens is 1890 g/mol. The summed E-state index contributed by atoms with van der Waals surface area (Å²) in [5, 5.41) is 61.5. The van der Waals surface area contributed by atoms with Crippen LogP contribution in [0.2, 0.25) is 5.02 Å². The molecule has 0 saturated carbocycles. The summed E-state index contributed by atoms with van der Waals surface area (Å²) >= 11 is 11.9. The molecule has 12 N–H and O–H groups in total. The van der Waals surface area contributed by atoms with Crippen molar-refractivity contribution in [1.82, 2.24) is 102 Å². The number of phenolic OH excluding ortho intramolecular Hbond substituents is 1. The van der Waals surface area contributed by atoms with E-state index in [0.29, 0.717) is 142 Å². The van der Waals surface area contributed by atoms with Gasteiger partial charge in [0.2, 0.25) is 0 Å². The Morgan fingerprint density at radius 1 is 0.415 bits per heavy atom. The number of nitrogens with zero attached hydrogens (tertiary/aromatic N) is 20. The minimum absolute atomic E-state index is 0.0181. The van der Waals surface area contributed by atoms with Crippen LogP contribution in [-0.2, 0) is 26.2 Å². The first-order valence-corrected chi connectivity index (χ1v) is 48.3. The lowest BCUT2D eigenvalue weighted by Gasteiger charge is -2.15. The smallest absolute Gasteiger partial charge is 0.267 e. The number of hydrogen-bond donors (Lipinski definition) is 8. The van der Waals surface area contributed by atoms with Gasteiger partial charge in [-0.05, 0) is 218 Å². The number of nitrogens with one attached hydrogen (secondary N) is 1. The number of halogens is 2. The van der Waals surface area contributed by atoms with E-state index in [-0.39, 0.29) is 77.3 Å². The molecule has 6 aromatic carbocycles. The van der Waals surface area contributed by atoms with Gasteiger partial charge in [-0.15, -0.1) is 45.3 Å². The Bertz CT molecular complexity index is 9480. The molecule has 0 fully saturated rings. The van der Waals surface area contributed by atoms with Crippen molar-refractivity contribution in [3.8, 4) is 74.7 Å². The molecule has 0 aliphatic carbocycles. The molecule has 17 aromatic heterocycles. The summed E-state index contributed by atoms with van der Waals surface area (Å²) in [6.07, 6.45) is 7.56. The van der Waals surface area contributed by atoms with Gasteiger partial charge in [0.15, 0.2) is 22.6 Å². The number of aryl methyl sites for hydroxylation is 7. The third kappa shape index (κ3) is 17.0. The number of anilines is 4. The highest BCUT2D eigenvalue weighted by Crippen LogP contribution is 2.39. The van der Waals surface area contributed by atoms with E-state index in [1.165, 1.54) is 72.8 Å². The highest BCUT2D eigenvalue weighted by atomic mass is 35.5. The number of aromatic hydroxyl groups is 1. The molecule has 142 heavy (non-hydrogen) atoms. The van der Waals surface area contributed by atoms with Crippen molar-refractivity contribution in [1.29, 1.82) is 0 Å². The summed E-state index contributed by atoms with van der Waals surface area (Å²) in [7, 11) is 0. The highest BCUT2D eigenvalue weighted by molar-refractivity contribution is 7.17. The normalized spacial score (nSPS) is 11.6. The minimum atomic E-state index is -0.810. The number of thiophene rings is 4. The first-order valence-electron chi connectivity index (χ1n) is 44.4. The molecule has 1 atom stereocenters. The number of aliphatic hydroxyl groups is 2. The topological polar surface area (TPSA) is 443 Å². The van der Waals surface area contributed by atoms with Crippen LogP contribution in [0.5, 0.6) is 5.75 Å².